The Hall–Kier alpha value is -0.530. The highest BCUT2D eigenvalue weighted by Crippen LogP contribution is 2.06. The molecule has 0 aliphatic rings. The third kappa shape index (κ3) is 4.12. The first kappa shape index (κ1) is 11.5. The largest absolute Gasteiger partial charge is 0.313 e. The van der Waals surface area contributed by atoms with Crippen molar-refractivity contribution in [1.82, 2.24) is 5.32 Å². The van der Waals surface area contributed by atoms with Crippen LogP contribution in [0.3, 0.4) is 0 Å². The summed E-state index contributed by atoms with van der Waals surface area (Å²) < 4.78 is 0. The highest BCUT2D eigenvalue weighted by atomic mass is 35.5. The van der Waals surface area contributed by atoms with Gasteiger partial charge in [-0.1, -0.05) is 37.6 Å². The monoisotopic (exact) mass is 211 g/mol. The zero-order valence-corrected chi connectivity index (χ0v) is 9.48. The van der Waals surface area contributed by atoms with Crippen molar-refractivity contribution in [2.75, 3.05) is 6.54 Å². The van der Waals surface area contributed by atoms with Gasteiger partial charge >= 0.3 is 0 Å². The van der Waals surface area contributed by atoms with Crippen LogP contribution in [-0.2, 0) is 12.4 Å². The average Bonchev–Trinajstić information content (AvgIpc) is 2.25. The number of hydrogen-bond acceptors (Lipinski definition) is 1. The van der Waals surface area contributed by atoms with Crippen molar-refractivity contribution in [3.63, 3.8) is 0 Å². The van der Waals surface area contributed by atoms with E-state index in [1.807, 2.05) is 0 Å². The third-order valence-corrected chi connectivity index (χ3v) is 2.52. The van der Waals surface area contributed by atoms with Crippen LogP contribution in [0.2, 0.25) is 0 Å². The van der Waals surface area contributed by atoms with E-state index < -0.39 is 0 Å². The van der Waals surface area contributed by atoms with E-state index in [0.717, 1.165) is 13.1 Å². The molecule has 0 fully saturated rings. The minimum Gasteiger partial charge on any atom is -0.313 e. The second kappa shape index (κ2) is 6.86. The summed E-state index contributed by atoms with van der Waals surface area (Å²) in [6.45, 7) is 4.27. The maximum Gasteiger partial charge on any atom is 0.0474 e. The van der Waals surface area contributed by atoms with Crippen molar-refractivity contribution in [3.8, 4) is 0 Å². The molecule has 1 N–H and O–H groups in total. The van der Waals surface area contributed by atoms with Gasteiger partial charge in [-0.25, -0.2) is 0 Å². The standard InChI is InChI=1S/C12H18ClN/c1-2-3-8-14-10-12-6-4-11(9-13)5-7-12/h4-7,14H,2-3,8-10H2,1H3. The first-order valence-electron chi connectivity index (χ1n) is 5.21. The molecule has 78 valence electrons. The zero-order chi connectivity index (χ0) is 10.2. The fourth-order valence-electron chi connectivity index (χ4n) is 1.28. The summed E-state index contributed by atoms with van der Waals surface area (Å²) in [6.07, 6.45) is 2.50. The lowest BCUT2D eigenvalue weighted by Crippen LogP contribution is -2.14. The van der Waals surface area contributed by atoms with Crippen LogP contribution in [0.15, 0.2) is 24.3 Å². The minimum absolute atomic E-state index is 0.601. The zero-order valence-electron chi connectivity index (χ0n) is 8.72. The molecule has 0 heterocycles. The quantitative estimate of drug-likeness (QED) is 0.563. The van der Waals surface area contributed by atoms with Gasteiger partial charge in [-0.05, 0) is 24.1 Å². The summed E-state index contributed by atoms with van der Waals surface area (Å²) in [5, 5.41) is 3.41. The topological polar surface area (TPSA) is 12.0 Å². The molecule has 0 aliphatic heterocycles. The predicted octanol–water partition coefficient (Wildman–Crippen LogP) is 3.32. The summed E-state index contributed by atoms with van der Waals surface area (Å²) in [5.74, 6) is 0.601. The third-order valence-electron chi connectivity index (χ3n) is 2.21. The van der Waals surface area contributed by atoms with E-state index in [4.69, 9.17) is 11.6 Å². The second-order valence-corrected chi connectivity index (χ2v) is 3.75. The van der Waals surface area contributed by atoms with Crippen molar-refractivity contribution >= 4 is 11.6 Å². The highest BCUT2D eigenvalue weighted by Gasteiger charge is 1.93. The molecule has 0 unspecified atom stereocenters. The fraction of sp³-hybridized carbons (Fsp3) is 0.500. The average molecular weight is 212 g/mol. The van der Waals surface area contributed by atoms with Gasteiger partial charge in [0.1, 0.15) is 0 Å². The Labute approximate surface area is 91.5 Å². The number of unbranched alkanes of at least 4 members (excludes halogenated alkanes) is 1. The fourth-order valence-corrected chi connectivity index (χ4v) is 1.46. The van der Waals surface area contributed by atoms with E-state index in [9.17, 15) is 0 Å². The van der Waals surface area contributed by atoms with E-state index in [-0.39, 0.29) is 0 Å². The smallest absolute Gasteiger partial charge is 0.0474 e. The Morgan fingerprint density at radius 3 is 2.36 bits per heavy atom. The molecular formula is C12H18ClN. The number of hydrogen-bond donors (Lipinski definition) is 1. The van der Waals surface area contributed by atoms with Crippen molar-refractivity contribution in [1.29, 1.82) is 0 Å². The van der Waals surface area contributed by atoms with E-state index in [1.54, 1.807) is 0 Å². The van der Waals surface area contributed by atoms with Gasteiger partial charge in [0.05, 0.1) is 0 Å². The van der Waals surface area contributed by atoms with Crippen molar-refractivity contribution < 1.29 is 0 Å². The first-order chi connectivity index (χ1) is 6.86. The molecule has 0 amide bonds. The number of nitrogens with one attached hydrogen (secondary N) is 1. The lowest BCUT2D eigenvalue weighted by Gasteiger charge is -2.04. The number of halogens is 1. The SMILES string of the molecule is CCCCNCc1ccc(CCl)cc1. The van der Waals surface area contributed by atoms with E-state index in [0.29, 0.717) is 5.88 Å². The van der Waals surface area contributed by atoms with Crippen LogP contribution in [0.4, 0.5) is 0 Å². The second-order valence-electron chi connectivity index (χ2n) is 3.48. The molecule has 1 nitrogen and oxygen atoms in total. The normalized spacial score (nSPS) is 10.4. The molecule has 2 heteroatoms. The van der Waals surface area contributed by atoms with Crippen LogP contribution in [0.25, 0.3) is 0 Å². The van der Waals surface area contributed by atoms with Gasteiger partial charge in [-0.15, -0.1) is 11.6 Å². The summed E-state index contributed by atoms with van der Waals surface area (Å²) in [6, 6.07) is 8.45. The van der Waals surface area contributed by atoms with Crippen LogP contribution in [0, 0.1) is 0 Å². The summed E-state index contributed by atoms with van der Waals surface area (Å²) in [7, 11) is 0. The lowest BCUT2D eigenvalue weighted by atomic mass is 10.1. The maximum atomic E-state index is 5.71. The molecule has 0 aromatic heterocycles. The molecule has 0 spiro atoms. The van der Waals surface area contributed by atoms with Gasteiger partial charge < -0.3 is 5.32 Å². The summed E-state index contributed by atoms with van der Waals surface area (Å²) in [5.41, 5.74) is 2.51. The molecule has 0 saturated heterocycles. The van der Waals surface area contributed by atoms with Crippen LogP contribution in [0.5, 0.6) is 0 Å². The van der Waals surface area contributed by atoms with Crippen molar-refractivity contribution in [3.05, 3.63) is 35.4 Å². The molecule has 0 atom stereocenters. The Bertz CT molecular complexity index is 243. The first-order valence-corrected chi connectivity index (χ1v) is 5.74. The Kier molecular flexibility index (Phi) is 5.65. The molecule has 1 rings (SSSR count). The van der Waals surface area contributed by atoms with Crippen LogP contribution in [-0.4, -0.2) is 6.54 Å². The molecule has 0 saturated carbocycles. The highest BCUT2D eigenvalue weighted by molar-refractivity contribution is 6.17. The van der Waals surface area contributed by atoms with E-state index in [1.165, 1.54) is 24.0 Å². The Morgan fingerprint density at radius 1 is 1.14 bits per heavy atom. The van der Waals surface area contributed by atoms with Gasteiger partial charge in [0.25, 0.3) is 0 Å². The molecule has 1 aromatic rings. The van der Waals surface area contributed by atoms with Gasteiger partial charge in [0, 0.05) is 12.4 Å². The number of alkyl halides is 1. The van der Waals surface area contributed by atoms with Gasteiger partial charge in [-0.3, -0.25) is 0 Å². The number of rotatable bonds is 6. The van der Waals surface area contributed by atoms with Gasteiger partial charge in [0.2, 0.25) is 0 Å². The van der Waals surface area contributed by atoms with E-state index in [2.05, 4.69) is 36.5 Å². The molecule has 0 radical (unpaired) electrons. The summed E-state index contributed by atoms with van der Waals surface area (Å²) >= 11 is 5.71. The maximum absolute atomic E-state index is 5.71. The lowest BCUT2D eigenvalue weighted by molar-refractivity contribution is 0.641. The minimum atomic E-state index is 0.601. The van der Waals surface area contributed by atoms with Crippen LogP contribution in [0.1, 0.15) is 30.9 Å². The predicted molar refractivity (Wildman–Crippen MR) is 62.6 cm³/mol. The number of benzene rings is 1. The Morgan fingerprint density at radius 2 is 1.79 bits per heavy atom. The molecule has 0 bridgehead atoms. The van der Waals surface area contributed by atoms with Crippen LogP contribution < -0.4 is 5.32 Å². The molecule has 1 aromatic carbocycles. The molecular weight excluding hydrogens is 194 g/mol. The van der Waals surface area contributed by atoms with Gasteiger partial charge in [0.15, 0.2) is 0 Å². The molecule has 14 heavy (non-hydrogen) atoms. The van der Waals surface area contributed by atoms with E-state index >= 15 is 0 Å². The Balaban J connectivity index is 2.29. The molecule has 0 aliphatic carbocycles. The van der Waals surface area contributed by atoms with Crippen LogP contribution >= 0.6 is 11.6 Å². The van der Waals surface area contributed by atoms with Crippen molar-refractivity contribution in [2.24, 2.45) is 0 Å². The summed E-state index contributed by atoms with van der Waals surface area (Å²) in [4.78, 5) is 0. The van der Waals surface area contributed by atoms with Gasteiger partial charge in [-0.2, -0.15) is 0 Å². The van der Waals surface area contributed by atoms with Crippen molar-refractivity contribution in [2.45, 2.75) is 32.2 Å².